The maximum atomic E-state index is 13.1. The van der Waals surface area contributed by atoms with Crippen LogP contribution in [0.25, 0.3) is 0 Å². The van der Waals surface area contributed by atoms with Crippen LogP contribution in [-0.2, 0) is 4.79 Å². The molecule has 2 atom stereocenters. The summed E-state index contributed by atoms with van der Waals surface area (Å²) in [6.45, 7) is 1.74. The van der Waals surface area contributed by atoms with Gasteiger partial charge >= 0.3 is 0 Å². The zero-order valence-electron chi connectivity index (χ0n) is 14.1. The van der Waals surface area contributed by atoms with Gasteiger partial charge in [0.15, 0.2) is 0 Å². The smallest absolute Gasteiger partial charge is 0.241 e. The van der Waals surface area contributed by atoms with Crippen LogP contribution in [0.2, 0.25) is 5.02 Å². The van der Waals surface area contributed by atoms with Gasteiger partial charge in [0.2, 0.25) is 5.91 Å². The third-order valence-electron chi connectivity index (χ3n) is 3.96. The van der Waals surface area contributed by atoms with Gasteiger partial charge in [-0.25, -0.2) is 4.39 Å². The molecule has 3 rings (SSSR count). The molecule has 0 saturated heterocycles. The van der Waals surface area contributed by atoms with E-state index in [1.54, 1.807) is 19.3 Å². The van der Waals surface area contributed by atoms with Gasteiger partial charge in [0, 0.05) is 0 Å². The summed E-state index contributed by atoms with van der Waals surface area (Å²) in [6.07, 6.45) is 1.59. The van der Waals surface area contributed by atoms with Crippen LogP contribution in [0.5, 0.6) is 0 Å². The van der Waals surface area contributed by atoms with Crippen LogP contribution in [0.3, 0.4) is 0 Å². The Hall–Kier alpha value is -2.63. The van der Waals surface area contributed by atoms with Crippen LogP contribution in [0, 0.1) is 5.82 Å². The van der Waals surface area contributed by atoms with Crippen LogP contribution >= 0.6 is 11.6 Å². The highest BCUT2D eigenvalue weighted by Gasteiger charge is 2.23. The second-order valence-electron chi connectivity index (χ2n) is 5.86. The van der Waals surface area contributed by atoms with Gasteiger partial charge in [-0.3, -0.25) is 10.1 Å². The molecule has 4 nitrogen and oxygen atoms in total. The first kappa shape index (κ1) is 18.2. The van der Waals surface area contributed by atoms with E-state index in [1.807, 2.05) is 36.4 Å². The summed E-state index contributed by atoms with van der Waals surface area (Å²) in [7, 11) is 0. The van der Waals surface area contributed by atoms with Crippen LogP contribution in [0.15, 0.2) is 71.3 Å². The predicted octanol–water partition coefficient (Wildman–Crippen LogP) is 4.78. The second-order valence-corrected chi connectivity index (χ2v) is 6.27. The molecule has 0 saturated carbocycles. The van der Waals surface area contributed by atoms with Crippen molar-refractivity contribution in [2.45, 2.75) is 19.0 Å². The van der Waals surface area contributed by atoms with Gasteiger partial charge in [-0.2, -0.15) is 0 Å². The van der Waals surface area contributed by atoms with Crippen LogP contribution in [-0.4, -0.2) is 11.9 Å². The van der Waals surface area contributed by atoms with Crippen molar-refractivity contribution in [2.24, 2.45) is 0 Å². The van der Waals surface area contributed by atoms with Crippen molar-refractivity contribution in [3.05, 3.63) is 89.1 Å². The molecule has 134 valence electrons. The third-order valence-corrected chi connectivity index (χ3v) is 4.27. The standard InChI is InChI=1S/C20H18ClFN2O2/c1-13(20(25)24-17-10-9-15(22)12-16(17)21)23-19(18-8-5-11-26-18)14-6-3-2-4-7-14/h2-13,19,23H,1H3,(H,24,25)/t13-,19-/m0/s1. The fourth-order valence-corrected chi connectivity index (χ4v) is 2.82. The van der Waals surface area contributed by atoms with Gasteiger partial charge in [-0.15, -0.1) is 0 Å². The van der Waals surface area contributed by atoms with Gasteiger partial charge in [-0.1, -0.05) is 41.9 Å². The van der Waals surface area contributed by atoms with Gasteiger partial charge in [-0.05, 0) is 42.8 Å². The highest BCUT2D eigenvalue weighted by molar-refractivity contribution is 6.33. The average Bonchev–Trinajstić information content (AvgIpc) is 3.17. The Morgan fingerprint density at radius 1 is 1.12 bits per heavy atom. The van der Waals surface area contributed by atoms with Crippen LogP contribution in [0.4, 0.5) is 10.1 Å². The first-order chi connectivity index (χ1) is 12.5. The zero-order chi connectivity index (χ0) is 18.5. The molecule has 2 aromatic carbocycles. The molecule has 2 N–H and O–H groups in total. The molecule has 0 spiro atoms. The number of amides is 1. The Bertz CT molecular complexity index is 869. The zero-order valence-corrected chi connectivity index (χ0v) is 14.8. The number of hydrogen-bond acceptors (Lipinski definition) is 3. The quantitative estimate of drug-likeness (QED) is 0.654. The molecule has 1 amide bonds. The highest BCUT2D eigenvalue weighted by atomic mass is 35.5. The van der Waals surface area contributed by atoms with E-state index in [1.165, 1.54) is 12.1 Å². The number of benzene rings is 2. The van der Waals surface area contributed by atoms with Gasteiger partial charge in [0.25, 0.3) is 0 Å². The monoisotopic (exact) mass is 372 g/mol. The Morgan fingerprint density at radius 3 is 2.54 bits per heavy atom. The van der Waals surface area contributed by atoms with E-state index < -0.39 is 11.9 Å². The maximum Gasteiger partial charge on any atom is 0.241 e. The lowest BCUT2D eigenvalue weighted by Crippen LogP contribution is -2.40. The third kappa shape index (κ3) is 4.31. The highest BCUT2D eigenvalue weighted by Crippen LogP contribution is 2.25. The summed E-state index contributed by atoms with van der Waals surface area (Å²) < 4.78 is 18.7. The molecule has 0 bridgehead atoms. The van der Waals surface area contributed by atoms with Crippen LogP contribution < -0.4 is 10.6 Å². The molecule has 26 heavy (non-hydrogen) atoms. The number of rotatable bonds is 6. The van der Waals surface area contributed by atoms with Gasteiger partial charge < -0.3 is 9.73 Å². The second kappa shape index (κ2) is 8.17. The molecule has 0 aliphatic carbocycles. The van der Waals surface area contributed by atoms with Gasteiger partial charge in [0.05, 0.1) is 29.1 Å². The predicted molar refractivity (Wildman–Crippen MR) is 99.6 cm³/mol. The largest absolute Gasteiger partial charge is 0.467 e. The fraction of sp³-hybridized carbons (Fsp3) is 0.150. The number of anilines is 1. The van der Waals surface area contributed by atoms with E-state index in [4.69, 9.17) is 16.0 Å². The van der Waals surface area contributed by atoms with E-state index >= 15 is 0 Å². The molecule has 0 fully saturated rings. The number of halogens is 2. The molecule has 6 heteroatoms. The minimum Gasteiger partial charge on any atom is -0.467 e. The minimum absolute atomic E-state index is 0.149. The number of carbonyl (C=O) groups excluding carboxylic acids is 1. The molecule has 1 heterocycles. The fourth-order valence-electron chi connectivity index (χ4n) is 2.60. The lowest BCUT2D eigenvalue weighted by molar-refractivity contribution is -0.117. The summed E-state index contributed by atoms with van der Waals surface area (Å²) >= 11 is 5.97. The van der Waals surface area contributed by atoms with E-state index in [2.05, 4.69) is 10.6 Å². The Kier molecular flexibility index (Phi) is 5.71. The lowest BCUT2D eigenvalue weighted by atomic mass is 10.0. The topological polar surface area (TPSA) is 54.3 Å². The normalized spacial score (nSPS) is 13.2. The average molecular weight is 373 g/mol. The molecule has 0 radical (unpaired) electrons. The summed E-state index contributed by atoms with van der Waals surface area (Å²) in [5.41, 5.74) is 1.34. The summed E-state index contributed by atoms with van der Waals surface area (Å²) in [4.78, 5) is 12.5. The van der Waals surface area contributed by atoms with E-state index in [0.717, 1.165) is 11.6 Å². The van der Waals surface area contributed by atoms with Crippen molar-refractivity contribution in [3.63, 3.8) is 0 Å². The van der Waals surface area contributed by atoms with Crippen molar-refractivity contribution in [3.8, 4) is 0 Å². The SMILES string of the molecule is C[C@H](N[C@@H](c1ccccc1)c1ccco1)C(=O)Nc1ccc(F)cc1Cl. The number of nitrogens with one attached hydrogen (secondary N) is 2. The van der Waals surface area contributed by atoms with Crippen molar-refractivity contribution in [1.29, 1.82) is 0 Å². The molecule has 3 aromatic rings. The van der Waals surface area contributed by atoms with E-state index in [-0.39, 0.29) is 17.0 Å². The lowest BCUT2D eigenvalue weighted by Gasteiger charge is -2.22. The molecule has 0 aliphatic heterocycles. The minimum atomic E-state index is -0.550. The molecule has 0 unspecified atom stereocenters. The van der Waals surface area contributed by atoms with Crippen molar-refractivity contribution in [1.82, 2.24) is 5.32 Å². The molecule has 1 aromatic heterocycles. The maximum absolute atomic E-state index is 13.1. The summed E-state index contributed by atoms with van der Waals surface area (Å²) in [5.74, 6) is -0.0391. The molecular weight excluding hydrogens is 355 g/mol. The van der Waals surface area contributed by atoms with E-state index in [9.17, 15) is 9.18 Å². The van der Waals surface area contributed by atoms with Crippen molar-refractivity contribution in [2.75, 3.05) is 5.32 Å². The van der Waals surface area contributed by atoms with Gasteiger partial charge in [0.1, 0.15) is 11.6 Å². The number of furan rings is 1. The number of carbonyl (C=O) groups is 1. The van der Waals surface area contributed by atoms with E-state index in [0.29, 0.717) is 11.4 Å². The van der Waals surface area contributed by atoms with Crippen molar-refractivity contribution >= 4 is 23.2 Å². The molecular formula is C20H18ClFN2O2. The Balaban J connectivity index is 1.75. The number of hydrogen-bond donors (Lipinski definition) is 2. The Morgan fingerprint density at radius 2 is 1.88 bits per heavy atom. The van der Waals surface area contributed by atoms with Crippen LogP contribution in [0.1, 0.15) is 24.3 Å². The Labute approximate surface area is 156 Å². The summed E-state index contributed by atoms with van der Waals surface area (Å²) in [5, 5.41) is 6.12. The first-order valence-electron chi connectivity index (χ1n) is 8.15. The molecule has 0 aliphatic rings. The van der Waals surface area contributed by atoms with Crippen molar-refractivity contribution < 1.29 is 13.6 Å². The summed E-state index contributed by atoms with van der Waals surface area (Å²) in [6, 6.07) is 16.4. The first-order valence-corrected chi connectivity index (χ1v) is 8.52.